The molecule has 8 aromatic rings. The van der Waals surface area contributed by atoms with Crippen LogP contribution in [0.5, 0.6) is 0 Å². The smallest absolute Gasteiger partial charge is 0.227 e. The molecule has 8 rings (SSSR count). The van der Waals surface area contributed by atoms with E-state index in [1.165, 1.54) is 30.0 Å². The maximum atomic E-state index is 7.28. The third-order valence-electron chi connectivity index (χ3n) is 7.52. The number of rotatable bonds is 4. The minimum Gasteiger partial charge on any atom is -0.501 e. The van der Waals surface area contributed by atoms with E-state index in [2.05, 4.69) is 53.1 Å². The SMILES string of the molecule is CC(C)c1ccnc(-c2[c-]ccc3c2oc2cc4nc(-c5ccccc5)oc4cc23)c1.[2H]C([2H])([2H])c1c[c-]c(-c2ccc(C([2H])([2H])[2H])cn2)cc1.[Ir]. The molecule has 0 unspecified atom stereocenters. The summed E-state index contributed by atoms with van der Waals surface area (Å²) in [4.78, 5) is 13.3. The molecule has 0 N–H and O–H groups in total. The van der Waals surface area contributed by atoms with Gasteiger partial charge in [0.15, 0.2) is 5.58 Å². The van der Waals surface area contributed by atoms with E-state index in [1.807, 2.05) is 60.8 Å². The van der Waals surface area contributed by atoms with E-state index in [0.29, 0.717) is 23.1 Å². The second kappa shape index (κ2) is 13.2. The Balaban J connectivity index is 0.000000193. The van der Waals surface area contributed by atoms with Crippen molar-refractivity contribution < 1.29 is 37.2 Å². The second-order valence-electron chi connectivity index (χ2n) is 11.0. The quantitative estimate of drug-likeness (QED) is 0.166. The molecule has 1 radical (unpaired) electrons. The number of aromatic nitrogens is 3. The van der Waals surface area contributed by atoms with Gasteiger partial charge in [0.05, 0.1) is 5.58 Å². The third-order valence-corrected chi connectivity index (χ3v) is 7.52. The van der Waals surface area contributed by atoms with Crippen molar-refractivity contribution in [1.29, 1.82) is 0 Å². The zero-order valence-corrected chi connectivity index (χ0v) is 27.4. The first-order valence-corrected chi connectivity index (χ1v) is 14.5. The van der Waals surface area contributed by atoms with Crippen LogP contribution in [-0.4, -0.2) is 15.0 Å². The summed E-state index contributed by atoms with van der Waals surface area (Å²) in [6, 6.07) is 35.8. The van der Waals surface area contributed by atoms with Gasteiger partial charge in [-0.1, -0.05) is 73.6 Å². The van der Waals surface area contributed by atoms with Crippen molar-refractivity contribution in [1.82, 2.24) is 15.0 Å². The van der Waals surface area contributed by atoms with E-state index < -0.39 is 13.7 Å². The molecule has 4 aromatic heterocycles. The van der Waals surface area contributed by atoms with Crippen LogP contribution in [0, 0.1) is 25.8 Å². The van der Waals surface area contributed by atoms with Gasteiger partial charge < -0.3 is 18.8 Å². The predicted molar refractivity (Wildman–Crippen MR) is 181 cm³/mol. The molecule has 0 aliphatic rings. The van der Waals surface area contributed by atoms with Gasteiger partial charge in [0.1, 0.15) is 11.1 Å². The fourth-order valence-electron chi connectivity index (χ4n) is 5.14. The summed E-state index contributed by atoms with van der Waals surface area (Å²) < 4.78 is 56.0. The molecule has 0 saturated carbocycles. The van der Waals surface area contributed by atoms with Crippen LogP contribution in [0.4, 0.5) is 0 Å². The van der Waals surface area contributed by atoms with Gasteiger partial charge in [-0.15, -0.1) is 53.6 Å². The Hall–Kier alpha value is -4.90. The standard InChI is InChI=1S/C27H19N2O2.C13H12N.Ir/c1-16(2)18-11-12-28-22(13-18)20-10-6-9-19-21-14-25-23(15-24(21)30-26(19)20)29-27(31-25)17-7-4-3-5-8-17;1-10-3-6-12(7-4-10)13-8-5-11(2)9-14-13;/h3-9,11-16H,1-2H3;3-6,8-9H,1-2H3;/q2*-1;/i;1D3,2D3;. The number of hydrogen-bond acceptors (Lipinski definition) is 5. The average molecular weight is 784 g/mol. The molecule has 0 bridgehead atoms. The van der Waals surface area contributed by atoms with Crippen molar-refractivity contribution in [3.05, 3.63) is 138 Å². The van der Waals surface area contributed by atoms with Gasteiger partial charge in [-0.3, -0.25) is 0 Å². The van der Waals surface area contributed by atoms with Crippen molar-refractivity contribution in [3.63, 3.8) is 0 Å². The van der Waals surface area contributed by atoms with Crippen LogP contribution in [0.25, 0.3) is 67.0 Å². The zero-order chi connectivity index (χ0) is 35.9. The molecule has 46 heavy (non-hydrogen) atoms. The minimum atomic E-state index is -2.18. The monoisotopic (exact) mass is 784 g/mol. The summed E-state index contributed by atoms with van der Waals surface area (Å²) in [7, 11) is 0. The summed E-state index contributed by atoms with van der Waals surface area (Å²) in [6.07, 6.45) is 3.15. The molecule has 4 heterocycles. The largest absolute Gasteiger partial charge is 0.501 e. The van der Waals surface area contributed by atoms with Crippen molar-refractivity contribution in [2.45, 2.75) is 33.5 Å². The van der Waals surface area contributed by atoms with Gasteiger partial charge in [0.25, 0.3) is 0 Å². The first-order valence-electron chi connectivity index (χ1n) is 17.5. The van der Waals surface area contributed by atoms with Crippen LogP contribution in [0.15, 0.2) is 118 Å². The molecule has 229 valence electrons. The van der Waals surface area contributed by atoms with E-state index in [1.54, 1.807) is 12.1 Å². The summed E-state index contributed by atoms with van der Waals surface area (Å²) in [5, 5.41) is 2.01. The fraction of sp³-hybridized carbons (Fsp3) is 0.125. The van der Waals surface area contributed by atoms with Crippen LogP contribution in [0.2, 0.25) is 0 Å². The normalized spacial score (nSPS) is 13.5. The molecule has 0 saturated heterocycles. The van der Waals surface area contributed by atoms with Crippen molar-refractivity contribution in [2.24, 2.45) is 0 Å². The molecular formula is C40H31IrN3O2-2. The predicted octanol–water partition coefficient (Wildman–Crippen LogP) is 10.5. The number of pyridine rings is 2. The van der Waals surface area contributed by atoms with E-state index in [-0.39, 0.29) is 31.2 Å². The number of aryl methyl sites for hydroxylation is 2. The first-order chi connectivity index (χ1) is 24.3. The third kappa shape index (κ3) is 6.28. The van der Waals surface area contributed by atoms with E-state index in [4.69, 9.17) is 17.1 Å². The summed E-state index contributed by atoms with van der Waals surface area (Å²) in [6.45, 7) is 0.0145. The molecule has 0 amide bonds. The van der Waals surface area contributed by atoms with Gasteiger partial charge in [0, 0.05) is 57.7 Å². The number of furan rings is 1. The Morgan fingerprint density at radius 3 is 2.35 bits per heavy atom. The number of oxazole rings is 1. The van der Waals surface area contributed by atoms with Crippen molar-refractivity contribution in [2.75, 3.05) is 0 Å². The molecule has 4 aromatic carbocycles. The molecule has 0 aliphatic carbocycles. The van der Waals surface area contributed by atoms with Crippen molar-refractivity contribution in [3.8, 4) is 34.0 Å². The maximum absolute atomic E-state index is 7.28. The maximum Gasteiger partial charge on any atom is 0.227 e. The van der Waals surface area contributed by atoms with E-state index >= 15 is 0 Å². The number of hydrogen-bond donors (Lipinski definition) is 0. The molecular weight excluding hydrogens is 747 g/mol. The van der Waals surface area contributed by atoms with Crippen LogP contribution in [0.3, 0.4) is 0 Å². The van der Waals surface area contributed by atoms with Crippen LogP contribution in [-0.2, 0) is 20.1 Å². The van der Waals surface area contributed by atoms with E-state index in [0.717, 1.165) is 49.9 Å². The number of benzene rings is 4. The average Bonchev–Trinajstić information content (AvgIpc) is 3.71. The van der Waals surface area contributed by atoms with Crippen LogP contribution in [0.1, 0.15) is 44.7 Å². The molecule has 6 heteroatoms. The van der Waals surface area contributed by atoms with Gasteiger partial charge in [-0.25, -0.2) is 4.98 Å². The fourth-order valence-corrected chi connectivity index (χ4v) is 5.14. The topological polar surface area (TPSA) is 65.0 Å². The molecule has 0 spiro atoms. The van der Waals surface area contributed by atoms with Crippen LogP contribution < -0.4 is 0 Å². The van der Waals surface area contributed by atoms with E-state index in [9.17, 15) is 0 Å². The van der Waals surface area contributed by atoms with Crippen molar-refractivity contribution >= 4 is 33.0 Å². The molecule has 0 fully saturated rings. The minimum absolute atomic E-state index is 0. The van der Waals surface area contributed by atoms with Gasteiger partial charge >= 0.3 is 0 Å². The first kappa shape index (κ1) is 24.3. The summed E-state index contributed by atoms with van der Waals surface area (Å²) in [5.41, 5.74) is 8.54. The molecule has 0 atom stereocenters. The van der Waals surface area contributed by atoms with Gasteiger partial charge in [-0.2, -0.15) is 0 Å². The number of nitrogens with zero attached hydrogens (tertiary/aromatic N) is 3. The Labute approximate surface area is 290 Å². The Morgan fingerprint density at radius 1 is 0.761 bits per heavy atom. The van der Waals surface area contributed by atoms with Crippen LogP contribution >= 0.6 is 0 Å². The van der Waals surface area contributed by atoms with Gasteiger partial charge in [-0.05, 0) is 54.0 Å². The van der Waals surface area contributed by atoms with Gasteiger partial charge in [0.2, 0.25) is 5.89 Å². The zero-order valence-electron chi connectivity index (χ0n) is 31.0. The summed E-state index contributed by atoms with van der Waals surface area (Å²) >= 11 is 0. The number of fused-ring (bicyclic) bond motifs is 4. The Morgan fingerprint density at radius 2 is 1.61 bits per heavy atom. The molecule has 5 nitrogen and oxygen atoms in total. The molecule has 0 aliphatic heterocycles. The summed E-state index contributed by atoms with van der Waals surface area (Å²) in [5.74, 6) is 1.03. The Bertz CT molecular complexity index is 2420. The second-order valence-corrected chi connectivity index (χ2v) is 11.0. The Kier molecular flexibility index (Phi) is 7.00.